The molecular formula is C12H18N2O2S. The van der Waals surface area contributed by atoms with Crippen molar-refractivity contribution in [1.29, 1.82) is 0 Å². The molecule has 3 atom stereocenters. The second-order valence-corrected chi connectivity index (χ2v) is 5.34. The van der Waals surface area contributed by atoms with Crippen LogP contribution in [-0.2, 0) is 4.79 Å². The number of nitrogens with one attached hydrogen (secondary N) is 2. The predicted octanol–water partition coefficient (Wildman–Crippen LogP) is 0.753. The van der Waals surface area contributed by atoms with Crippen molar-refractivity contribution in [3.8, 4) is 0 Å². The van der Waals surface area contributed by atoms with Crippen LogP contribution < -0.4 is 10.6 Å². The molecule has 4 nitrogen and oxygen atoms in total. The zero-order chi connectivity index (χ0) is 12.3. The Bertz CT molecular complexity index is 367. The first-order chi connectivity index (χ1) is 8.18. The lowest BCUT2D eigenvalue weighted by atomic mass is 9.97. The lowest BCUT2D eigenvalue weighted by Crippen LogP contribution is -2.36. The van der Waals surface area contributed by atoms with Gasteiger partial charge in [0.15, 0.2) is 0 Å². The molecule has 0 radical (unpaired) electrons. The summed E-state index contributed by atoms with van der Waals surface area (Å²) in [6.07, 6.45) is -0.602. The molecule has 1 aliphatic rings. The average molecular weight is 254 g/mol. The van der Waals surface area contributed by atoms with Gasteiger partial charge in [0, 0.05) is 13.1 Å². The average Bonchev–Trinajstić information content (AvgIpc) is 2.95. The number of carbonyl (C=O) groups is 1. The smallest absolute Gasteiger partial charge is 0.224 e. The number of hydrogen-bond acceptors (Lipinski definition) is 4. The van der Waals surface area contributed by atoms with E-state index in [1.54, 1.807) is 11.3 Å². The number of thiophene rings is 1. The van der Waals surface area contributed by atoms with Gasteiger partial charge < -0.3 is 15.7 Å². The van der Waals surface area contributed by atoms with E-state index >= 15 is 0 Å². The van der Waals surface area contributed by atoms with Crippen LogP contribution in [0.3, 0.4) is 0 Å². The number of carbonyl (C=O) groups excluding carboxylic acids is 1. The molecule has 1 saturated heterocycles. The van der Waals surface area contributed by atoms with Crippen LogP contribution in [0, 0.1) is 11.8 Å². The van der Waals surface area contributed by atoms with E-state index in [1.807, 2.05) is 16.8 Å². The molecule has 0 spiro atoms. The van der Waals surface area contributed by atoms with Crippen LogP contribution in [-0.4, -0.2) is 30.6 Å². The Balaban J connectivity index is 1.80. The zero-order valence-electron chi connectivity index (χ0n) is 9.85. The van der Waals surface area contributed by atoms with Gasteiger partial charge in [-0.25, -0.2) is 0 Å². The van der Waals surface area contributed by atoms with E-state index in [1.165, 1.54) is 0 Å². The summed E-state index contributed by atoms with van der Waals surface area (Å²) < 4.78 is 0. The van der Waals surface area contributed by atoms with Gasteiger partial charge in [0.2, 0.25) is 5.91 Å². The van der Waals surface area contributed by atoms with E-state index < -0.39 is 6.10 Å². The molecule has 1 aliphatic heterocycles. The third-order valence-corrected chi connectivity index (χ3v) is 3.95. The minimum atomic E-state index is -0.602. The summed E-state index contributed by atoms with van der Waals surface area (Å²) in [6, 6.07) is 1.88. The minimum Gasteiger partial charge on any atom is -0.387 e. The topological polar surface area (TPSA) is 61.4 Å². The molecular weight excluding hydrogens is 236 g/mol. The fourth-order valence-electron chi connectivity index (χ4n) is 2.07. The second kappa shape index (κ2) is 5.62. The molecule has 94 valence electrons. The van der Waals surface area contributed by atoms with Gasteiger partial charge in [-0.05, 0) is 34.9 Å². The number of aliphatic hydroxyl groups is 1. The van der Waals surface area contributed by atoms with Gasteiger partial charge in [-0.3, -0.25) is 4.79 Å². The second-order valence-electron chi connectivity index (χ2n) is 4.56. The number of amides is 1. The summed E-state index contributed by atoms with van der Waals surface area (Å²) in [5.74, 6) is 0.440. The van der Waals surface area contributed by atoms with E-state index in [-0.39, 0.29) is 11.8 Å². The van der Waals surface area contributed by atoms with Gasteiger partial charge in [0.05, 0.1) is 12.0 Å². The Morgan fingerprint density at radius 2 is 2.53 bits per heavy atom. The summed E-state index contributed by atoms with van der Waals surface area (Å²) in [5, 5.41) is 19.7. The van der Waals surface area contributed by atoms with Crippen LogP contribution in [0.5, 0.6) is 0 Å². The molecule has 0 bridgehead atoms. The van der Waals surface area contributed by atoms with Crippen molar-refractivity contribution >= 4 is 17.2 Å². The molecule has 0 aromatic carbocycles. The van der Waals surface area contributed by atoms with Crippen LogP contribution in [0.25, 0.3) is 0 Å². The van der Waals surface area contributed by atoms with E-state index in [0.717, 1.165) is 18.7 Å². The van der Waals surface area contributed by atoms with Crippen molar-refractivity contribution < 1.29 is 9.90 Å². The van der Waals surface area contributed by atoms with Crippen molar-refractivity contribution in [3.63, 3.8) is 0 Å². The Morgan fingerprint density at radius 1 is 1.71 bits per heavy atom. The van der Waals surface area contributed by atoms with Crippen LogP contribution in [0.15, 0.2) is 16.8 Å². The fourth-order valence-corrected chi connectivity index (χ4v) is 2.78. The number of aliphatic hydroxyl groups excluding tert-OH is 1. The normalized spacial score (nSPS) is 25.8. The van der Waals surface area contributed by atoms with Gasteiger partial charge in [-0.2, -0.15) is 11.3 Å². The maximum Gasteiger partial charge on any atom is 0.224 e. The first-order valence-electron chi connectivity index (χ1n) is 5.87. The quantitative estimate of drug-likeness (QED) is 0.743. The Hall–Kier alpha value is -0.910. The highest BCUT2D eigenvalue weighted by atomic mass is 32.1. The molecule has 2 heterocycles. The molecule has 2 rings (SSSR count). The van der Waals surface area contributed by atoms with Gasteiger partial charge in [0.1, 0.15) is 0 Å². The Kier molecular flexibility index (Phi) is 4.15. The summed E-state index contributed by atoms with van der Waals surface area (Å²) in [7, 11) is 0. The Labute approximate surface area is 105 Å². The third-order valence-electron chi connectivity index (χ3n) is 3.25. The summed E-state index contributed by atoms with van der Waals surface area (Å²) in [4.78, 5) is 11.9. The van der Waals surface area contributed by atoms with Gasteiger partial charge in [0.25, 0.3) is 0 Å². The maximum absolute atomic E-state index is 11.9. The monoisotopic (exact) mass is 254 g/mol. The van der Waals surface area contributed by atoms with Crippen molar-refractivity contribution in [2.45, 2.75) is 13.0 Å². The van der Waals surface area contributed by atoms with Crippen LogP contribution in [0.2, 0.25) is 0 Å². The molecule has 1 unspecified atom stereocenters. The predicted molar refractivity (Wildman–Crippen MR) is 67.8 cm³/mol. The molecule has 1 aromatic heterocycles. The lowest BCUT2D eigenvalue weighted by Gasteiger charge is -2.16. The van der Waals surface area contributed by atoms with E-state index in [9.17, 15) is 9.90 Å². The summed E-state index contributed by atoms with van der Waals surface area (Å²) in [5.41, 5.74) is 0.868. The van der Waals surface area contributed by atoms with Crippen LogP contribution in [0.1, 0.15) is 18.6 Å². The molecule has 1 aromatic rings. The number of rotatable bonds is 4. The van der Waals surface area contributed by atoms with Crippen molar-refractivity contribution in [2.75, 3.05) is 19.6 Å². The highest BCUT2D eigenvalue weighted by molar-refractivity contribution is 7.07. The van der Waals surface area contributed by atoms with Crippen LogP contribution >= 0.6 is 11.3 Å². The minimum absolute atomic E-state index is 0.0321. The third kappa shape index (κ3) is 3.06. The molecule has 1 amide bonds. The van der Waals surface area contributed by atoms with E-state index in [4.69, 9.17) is 0 Å². The summed E-state index contributed by atoms with van der Waals surface area (Å²) in [6.45, 7) is 3.99. The Morgan fingerprint density at radius 3 is 3.12 bits per heavy atom. The molecule has 0 aliphatic carbocycles. The van der Waals surface area contributed by atoms with E-state index in [2.05, 4.69) is 17.6 Å². The molecule has 0 saturated carbocycles. The first kappa shape index (κ1) is 12.5. The van der Waals surface area contributed by atoms with Crippen molar-refractivity contribution in [2.24, 2.45) is 11.8 Å². The largest absolute Gasteiger partial charge is 0.387 e. The van der Waals surface area contributed by atoms with E-state index in [0.29, 0.717) is 12.5 Å². The summed E-state index contributed by atoms with van der Waals surface area (Å²) >= 11 is 1.55. The SMILES string of the molecule is C[C@@H]1CNC[C@H]1C(=O)NCC(O)c1ccsc1. The van der Waals surface area contributed by atoms with Gasteiger partial charge >= 0.3 is 0 Å². The van der Waals surface area contributed by atoms with Crippen molar-refractivity contribution in [3.05, 3.63) is 22.4 Å². The zero-order valence-corrected chi connectivity index (χ0v) is 10.7. The molecule has 17 heavy (non-hydrogen) atoms. The highest BCUT2D eigenvalue weighted by Gasteiger charge is 2.29. The first-order valence-corrected chi connectivity index (χ1v) is 6.81. The molecule has 5 heteroatoms. The van der Waals surface area contributed by atoms with Gasteiger partial charge in [-0.1, -0.05) is 6.92 Å². The van der Waals surface area contributed by atoms with Crippen LogP contribution in [0.4, 0.5) is 0 Å². The fraction of sp³-hybridized carbons (Fsp3) is 0.583. The number of hydrogen-bond donors (Lipinski definition) is 3. The molecule has 3 N–H and O–H groups in total. The van der Waals surface area contributed by atoms with Crippen molar-refractivity contribution in [1.82, 2.24) is 10.6 Å². The maximum atomic E-state index is 11.9. The van der Waals surface area contributed by atoms with Gasteiger partial charge in [-0.15, -0.1) is 0 Å². The molecule has 1 fully saturated rings. The lowest BCUT2D eigenvalue weighted by molar-refractivity contribution is -0.125. The standard InChI is InChI=1S/C12H18N2O2S/c1-8-4-13-5-10(8)12(16)14-6-11(15)9-2-3-17-7-9/h2-3,7-8,10-11,13,15H,4-6H2,1H3,(H,14,16)/t8-,10-,11?/m1/s1. The highest BCUT2D eigenvalue weighted by Crippen LogP contribution is 2.17.